The van der Waals surface area contributed by atoms with Crippen LogP contribution >= 0.6 is 11.6 Å². The van der Waals surface area contributed by atoms with E-state index >= 15 is 0 Å². The molecular formula is C18H18ClN3O2. The Balaban J connectivity index is 1.63. The second-order valence-corrected chi connectivity index (χ2v) is 5.75. The van der Waals surface area contributed by atoms with Crippen molar-refractivity contribution in [3.8, 4) is 17.2 Å². The summed E-state index contributed by atoms with van der Waals surface area (Å²) in [6, 6.07) is 13.5. The van der Waals surface area contributed by atoms with Crippen LogP contribution in [-0.4, -0.2) is 23.9 Å². The van der Waals surface area contributed by atoms with Gasteiger partial charge in [-0.05, 0) is 30.7 Å². The summed E-state index contributed by atoms with van der Waals surface area (Å²) in [7, 11) is 1.62. The number of halogens is 1. The fourth-order valence-electron chi connectivity index (χ4n) is 2.33. The van der Waals surface area contributed by atoms with Crippen molar-refractivity contribution in [1.82, 2.24) is 10.2 Å². The minimum Gasteiger partial charge on any atom is -0.495 e. The van der Waals surface area contributed by atoms with Gasteiger partial charge in [-0.3, -0.25) is 0 Å². The lowest BCUT2D eigenvalue weighted by atomic mass is 10.2. The van der Waals surface area contributed by atoms with Crippen molar-refractivity contribution >= 4 is 17.3 Å². The topological polar surface area (TPSA) is 60.2 Å². The van der Waals surface area contributed by atoms with E-state index in [0.717, 1.165) is 16.8 Å². The molecule has 124 valence electrons. The highest BCUT2D eigenvalue weighted by Gasteiger charge is 2.10. The first-order valence-corrected chi connectivity index (χ1v) is 8.01. The van der Waals surface area contributed by atoms with Crippen LogP contribution in [0.15, 0.2) is 46.9 Å². The van der Waals surface area contributed by atoms with Gasteiger partial charge in [0.25, 0.3) is 0 Å². The number of aryl methyl sites for hydroxylation is 1. The zero-order valence-corrected chi connectivity index (χ0v) is 14.3. The summed E-state index contributed by atoms with van der Waals surface area (Å²) in [5, 5.41) is 12.2. The SMILES string of the molecule is COc1cc(Cl)c(C)cc1NCCc1nnc(-c2ccccc2)o1. The molecule has 0 radical (unpaired) electrons. The Morgan fingerprint density at radius 3 is 2.71 bits per heavy atom. The molecule has 0 aliphatic carbocycles. The van der Waals surface area contributed by atoms with E-state index in [1.54, 1.807) is 13.2 Å². The Bertz CT molecular complexity index is 818. The van der Waals surface area contributed by atoms with Crippen LogP contribution in [0.25, 0.3) is 11.5 Å². The van der Waals surface area contributed by atoms with Crippen LogP contribution in [0.5, 0.6) is 5.75 Å². The van der Waals surface area contributed by atoms with E-state index in [-0.39, 0.29) is 0 Å². The number of nitrogens with one attached hydrogen (secondary N) is 1. The fourth-order valence-corrected chi connectivity index (χ4v) is 2.48. The molecule has 6 heteroatoms. The molecule has 0 aliphatic heterocycles. The lowest BCUT2D eigenvalue weighted by Gasteiger charge is -2.12. The van der Waals surface area contributed by atoms with E-state index in [9.17, 15) is 0 Å². The number of benzene rings is 2. The number of nitrogens with zero attached hydrogens (tertiary/aromatic N) is 2. The maximum Gasteiger partial charge on any atom is 0.247 e. The molecule has 0 amide bonds. The Hall–Kier alpha value is -2.53. The minimum atomic E-state index is 0.533. The number of anilines is 1. The van der Waals surface area contributed by atoms with Gasteiger partial charge in [-0.15, -0.1) is 10.2 Å². The second-order valence-electron chi connectivity index (χ2n) is 5.35. The summed E-state index contributed by atoms with van der Waals surface area (Å²) in [4.78, 5) is 0. The van der Waals surface area contributed by atoms with Gasteiger partial charge in [0.2, 0.25) is 11.8 Å². The molecule has 0 aliphatic rings. The zero-order valence-electron chi connectivity index (χ0n) is 13.5. The molecule has 0 fully saturated rings. The lowest BCUT2D eigenvalue weighted by Crippen LogP contribution is -2.06. The Kier molecular flexibility index (Phi) is 5.01. The first-order valence-electron chi connectivity index (χ1n) is 7.63. The quantitative estimate of drug-likeness (QED) is 0.720. The lowest BCUT2D eigenvalue weighted by molar-refractivity contribution is 0.416. The minimum absolute atomic E-state index is 0.533. The zero-order chi connectivity index (χ0) is 16.9. The highest BCUT2D eigenvalue weighted by atomic mass is 35.5. The van der Waals surface area contributed by atoms with E-state index in [1.807, 2.05) is 43.3 Å². The van der Waals surface area contributed by atoms with Crippen molar-refractivity contribution in [2.45, 2.75) is 13.3 Å². The predicted octanol–water partition coefficient (Wildman–Crippen LogP) is 4.36. The van der Waals surface area contributed by atoms with E-state index in [0.29, 0.717) is 35.5 Å². The number of hydrogen-bond acceptors (Lipinski definition) is 5. The van der Waals surface area contributed by atoms with Crippen LogP contribution in [0.3, 0.4) is 0 Å². The van der Waals surface area contributed by atoms with Crippen molar-refractivity contribution in [3.63, 3.8) is 0 Å². The molecule has 0 spiro atoms. The number of methoxy groups -OCH3 is 1. The van der Waals surface area contributed by atoms with Crippen molar-refractivity contribution in [2.75, 3.05) is 19.0 Å². The summed E-state index contributed by atoms with van der Waals surface area (Å²) in [5.41, 5.74) is 2.80. The molecule has 0 atom stereocenters. The summed E-state index contributed by atoms with van der Waals surface area (Å²) < 4.78 is 11.0. The highest BCUT2D eigenvalue weighted by molar-refractivity contribution is 6.31. The molecule has 3 rings (SSSR count). The van der Waals surface area contributed by atoms with Crippen LogP contribution in [0, 0.1) is 6.92 Å². The molecule has 5 nitrogen and oxygen atoms in total. The second kappa shape index (κ2) is 7.36. The van der Waals surface area contributed by atoms with E-state index in [1.165, 1.54) is 0 Å². The summed E-state index contributed by atoms with van der Waals surface area (Å²) in [6.45, 7) is 2.60. The molecule has 2 aromatic carbocycles. The summed E-state index contributed by atoms with van der Waals surface area (Å²) in [5.74, 6) is 1.83. The van der Waals surface area contributed by atoms with Crippen LogP contribution < -0.4 is 10.1 Å². The smallest absolute Gasteiger partial charge is 0.247 e. The molecule has 0 unspecified atom stereocenters. The number of hydrogen-bond donors (Lipinski definition) is 1. The third-order valence-corrected chi connectivity index (χ3v) is 4.03. The normalized spacial score (nSPS) is 10.6. The van der Waals surface area contributed by atoms with E-state index in [2.05, 4.69) is 15.5 Å². The summed E-state index contributed by atoms with van der Waals surface area (Å²) >= 11 is 6.11. The summed E-state index contributed by atoms with van der Waals surface area (Å²) in [6.07, 6.45) is 0.616. The van der Waals surface area contributed by atoms with Gasteiger partial charge in [-0.1, -0.05) is 29.8 Å². The van der Waals surface area contributed by atoms with Crippen molar-refractivity contribution in [3.05, 3.63) is 58.9 Å². The number of rotatable bonds is 6. The Morgan fingerprint density at radius 1 is 1.17 bits per heavy atom. The molecule has 1 heterocycles. The molecular weight excluding hydrogens is 326 g/mol. The largest absolute Gasteiger partial charge is 0.495 e. The standard InChI is InChI=1S/C18H18ClN3O2/c1-12-10-15(16(23-2)11-14(12)19)20-9-8-17-21-22-18(24-17)13-6-4-3-5-7-13/h3-7,10-11,20H,8-9H2,1-2H3. The monoisotopic (exact) mass is 343 g/mol. The van der Waals surface area contributed by atoms with Crippen LogP contribution in [0.1, 0.15) is 11.5 Å². The van der Waals surface area contributed by atoms with Gasteiger partial charge in [-0.2, -0.15) is 0 Å². The van der Waals surface area contributed by atoms with Crippen LogP contribution in [-0.2, 0) is 6.42 Å². The van der Waals surface area contributed by atoms with Crippen LogP contribution in [0.4, 0.5) is 5.69 Å². The Labute approximate surface area is 145 Å². The maximum absolute atomic E-state index is 6.11. The molecule has 0 bridgehead atoms. The van der Waals surface area contributed by atoms with Gasteiger partial charge in [0.15, 0.2) is 0 Å². The van der Waals surface area contributed by atoms with Gasteiger partial charge in [-0.25, -0.2) is 0 Å². The first-order chi connectivity index (χ1) is 11.7. The number of ether oxygens (including phenoxy) is 1. The third kappa shape index (κ3) is 3.68. The van der Waals surface area contributed by atoms with Gasteiger partial charge < -0.3 is 14.5 Å². The van der Waals surface area contributed by atoms with Crippen molar-refractivity contribution < 1.29 is 9.15 Å². The van der Waals surface area contributed by atoms with Gasteiger partial charge in [0.05, 0.1) is 12.8 Å². The average Bonchev–Trinajstić information content (AvgIpc) is 3.07. The molecule has 3 aromatic rings. The number of aromatic nitrogens is 2. The average molecular weight is 344 g/mol. The van der Waals surface area contributed by atoms with Gasteiger partial charge in [0.1, 0.15) is 5.75 Å². The first kappa shape index (κ1) is 16.3. The van der Waals surface area contributed by atoms with Crippen molar-refractivity contribution in [1.29, 1.82) is 0 Å². The van der Waals surface area contributed by atoms with Crippen LogP contribution in [0.2, 0.25) is 5.02 Å². The molecule has 24 heavy (non-hydrogen) atoms. The highest BCUT2D eigenvalue weighted by Crippen LogP contribution is 2.30. The molecule has 0 saturated heterocycles. The Morgan fingerprint density at radius 2 is 1.96 bits per heavy atom. The maximum atomic E-state index is 6.11. The van der Waals surface area contributed by atoms with Gasteiger partial charge >= 0.3 is 0 Å². The predicted molar refractivity (Wildman–Crippen MR) is 94.7 cm³/mol. The molecule has 0 saturated carbocycles. The van der Waals surface area contributed by atoms with Gasteiger partial charge in [0, 0.05) is 29.6 Å². The van der Waals surface area contributed by atoms with E-state index < -0.39 is 0 Å². The fraction of sp³-hybridized carbons (Fsp3) is 0.222. The molecule has 1 N–H and O–H groups in total. The van der Waals surface area contributed by atoms with E-state index in [4.69, 9.17) is 20.8 Å². The third-order valence-electron chi connectivity index (χ3n) is 3.62. The molecule has 1 aromatic heterocycles. The van der Waals surface area contributed by atoms with Crippen molar-refractivity contribution in [2.24, 2.45) is 0 Å².